The highest BCUT2D eigenvalue weighted by molar-refractivity contribution is 6.37. The van der Waals surface area contributed by atoms with Crippen molar-refractivity contribution in [3.8, 4) is 0 Å². The first-order valence-electron chi connectivity index (χ1n) is 25.2. The van der Waals surface area contributed by atoms with Crippen LogP contribution in [0.15, 0.2) is 191 Å². The molecule has 0 amide bonds. The van der Waals surface area contributed by atoms with Crippen molar-refractivity contribution in [2.24, 2.45) is 0 Å². The van der Waals surface area contributed by atoms with Crippen molar-refractivity contribution < 1.29 is 8.83 Å². The van der Waals surface area contributed by atoms with Crippen LogP contribution in [0.2, 0.25) is 5.02 Å². The summed E-state index contributed by atoms with van der Waals surface area (Å²) >= 11 is 8.21. The summed E-state index contributed by atoms with van der Waals surface area (Å²) < 4.78 is 12.6. The van der Waals surface area contributed by atoms with Crippen LogP contribution in [0.5, 0.6) is 0 Å². The fourth-order valence-corrected chi connectivity index (χ4v) is 10.0. The number of nitrogens with zero attached hydrogens (tertiary/aromatic N) is 3. The first kappa shape index (κ1) is 48.4. The lowest BCUT2D eigenvalue weighted by Gasteiger charge is -2.34. The van der Waals surface area contributed by atoms with Crippen molar-refractivity contribution in [2.75, 3.05) is 14.7 Å². The fraction of sp³-hybridized carbons (Fsp3) is 0.242. The molecule has 0 saturated carbocycles. The molecule has 5 nitrogen and oxygen atoms in total. The van der Waals surface area contributed by atoms with Gasteiger partial charge in [-0.05, 0) is 141 Å². The largest absolute Gasteiger partial charge is 0.471 e. The van der Waals surface area contributed by atoms with Crippen LogP contribution in [0.4, 0.5) is 51.2 Å². The quantitative estimate of drug-likeness (QED) is 0.144. The van der Waals surface area contributed by atoms with Gasteiger partial charge < -0.3 is 23.5 Å². The van der Waals surface area contributed by atoms with Crippen LogP contribution in [0, 0.1) is 0 Å². The first-order valence-corrected chi connectivity index (χ1v) is 25.5. The average Bonchev–Trinajstić information content (AvgIpc) is 3.97. The van der Waals surface area contributed by atoms with Gasteiger partial charge in [-0.2, -0.15) is 0 Å². The van der Waals surface area contributed by atoms with E-state index in [0.717, 1.165) is 89.5 Å². The maximum atomic E-state index is 8.21. The molecule has 0 aliphatic carbocycles. The van der Waals surface area contributed by atoms with Gasteiger partial charge in [-0.3, -0.25) is 0 Å². The second kappa shape index (κ2) is 18.1. The van der Waals surface area contributed by atoms with Gasteiger partial charge in [0.1, 0.15) is 5.58 Å². The summed E-state index contributed by atoms with van der Waals surface area (Å²) in [5, 5.41) is 4.71. The number of hydrogen-bond donors (Lipinski definition) is 0. The van der Waals surface area contributed by atoms with E-state index in [2.05, 4.69) is 256 Å². The number of halogens is 1. The lowest BCUT2D eigenvalue weighted by molar-refractivity contribution is 0.572. The highest BCUT2D eigenvalue weighted by Gasteiger charge is 2.30. The van der Waals surface area contributed by atoms with Gasteiger partial charge in [0, 0.05) is 55.7 Å². The second-order valence-electron chi connectivity index (χ2n) is 23.4. The Bertz CT molecular complexity index is 3520. The number of anilines is 9. The van der Waals surface area contributed by atoms with Crippen molar-refractivity contribution in [2.45, 2.75) is 105 Å². The summed E-state index contributed by atoms with van der Waals surface area (Å²) in [6, 6.07) is 61.5. The van der Waals surface area contributed by atoms with Crippen molar-refractivity contribution >= 4 is 95.5 Å². The maximum absolute atomic E-state index is 8.21. The summed E-state index contributed by atoms with van der Waals surface area (Å²) in [5.74, 6) is 0. The fourth-order valence-electron chi connectivity index (χ4n) is 9.74. The zero-order chi connectivity index (χ0) is 50.9. The zero-order valence-corrected chi connectivity index (χ0v) is 44.6. The Hall–Kier alpha value is -7.21. The average molecular weight is 969 g/mol. The van der Waals surface area contributed by atoms with Crippen molar-refractivity contribution in [1.29, 1.82) is 0 Å². The molecule has 6 heteroatoms. The Kier molecular flexibility index (Phi) is 12.2. The van der Waals surface area contributed by atoms with E-state index in [1.54, 1.807) is 6.26 Å². The Labute approximate surface area is 431 Å². The third kappa shape index (κ3) is 9.27. The number of fused-ring (bicyclic) bond motifs is 4. The van der Waals surface area contributed by atoms with Crippen LogP contribution in [0.1, 0.15) is 105 Å². The molecule has 72 heavy (non-hydrogen) atoms. The maximum Gasteiger partial charge on any atom is 0.159 e. The van der Waals surface area contributed by atoms with Gasteiger partial charge in [0.2, 0.25) is 0 Å². The van der Waals surface area contributed by atoms with E-state index in [1.807, 2.05) is 18.4 Å². The third-order valence-electron chi connectivity index (χ3n) is 14.0. The van der Waals surface area contributed by atoms with Gasteiger partial charge >= 0.3 is 0 Å². The van der Waals surface area contributed by atoms with Gasteiger partial charge in [-0.15, -0.1) is 0 Å². The number of para-hydroxylation sites is 2. The highest BCUT2D eigenvalue weighted by Crippen LogP contribution is 2.52. The predicted molar refractivity (Wildman–Crippen MR) is 307 cm³/mol. The van der Waals surface area contributed by atoms with Gasteiger partial charge in [-0.25, -0.2) is 0 Å². The molecule has 0 N–H and O–H groups in total. The molecule has 2 heterocycles. The molecular formula is C66H66ClN3O2. The minimum absolute atomic E-state index is 0.00692. The summed E-state index contributed by atoms with van der Waals surface area (Å²) in [6.45, 7) is 27.1. The lowest BCUT2D eigenvalue weighted by Crippen LogP contribution is -2.19. The minimum atomic E-state index is -0.279. The molecule has 8 aromatic carbocycles. The van der Waals surface area contributed by atoms with E-state index in [1.165, 1.54) is 16.7 Å². The minimum Gasteiger partial charge on any atom is -0.471 e. The lowest BCUT2D eigenvalue weighted by atomic mass is 9.85. The molecule has 364 valence electrons. The molecule has 0 aliphatic heterocycles. The molecule has 0 saturated heterocycles. The van der Waals surface area contributed by atoms with Crippen LogP contribution in [-0.2, 0) is 21.7 Å². The van der Waals surface area contributed by atoms with Crippen LogP contribution in [0.25, 0.3) is 32.7 Å². The van der Waals surface area contributed by atoms with Crippen molar-refractivity contribution in [1.82, 2.24) is 0 Å². The Morgan fingerprint density at radius 3 is 1.35 bits per heavy atom. The Balaban J connectivity index is 1.25. The Morgan fingerprint density at radius 1 is 0.347 bits per heavy atom. The summed E-state index contributed by atoms with van der Waals surface area (Å²) in [6.07, 6.45) is 3.60. The molecule has 2 aromatic heterocycles. The molecule has 0 unspecified atom stereocenters. The molecule has 0 bridgehead atoms. The summed E-state index contributed by atoms with van der Waals surface area (Å²) in [4.78, 5) is 6.95. The highest BCUT2D eigenvalue weighted by atomic mass is 35.5. The molecule has 0 spiro atoms. The number of furan rings is 2. The van der Waals surface area contributed by atoms with Crippen molar-refractivity contribution in [3.05, 3.63) is 210 Å². The number of hydrogen-bond acceptors (Lipinski definition) is 5. The van der Waals surface area contributed by atoms with E-state index in [-0.39, 0.29) is 21.7 Å². The van der Waals surface area contributed by atoms with E-state index >= 15 is 0 Å². The second-order valence-corrected chi connectivity index (χ2v) is 23.8. The number of rotatable bonds is 9. The zero-order valence-electron chi connectivity index (χ0n) is 43.9. The third-order valence-corrected chi connectivity index (χ3v) is 14.4. The Morgan fingerprint density at radius 2 is 0.792 bits per heavy atom. The van der Waals surface area contributed by atoms with Crippen molar-refractivity contribution in [3.63, 3.8) is 0 Å². The van der Waals surface area contributed by atoms with E-state index in [0.29, 0.717) is 5.02 Å². The van der Waals surface area contributed by atoms with E-state index in [9.17, 15) is 0 Å². The van der Waals surface area contributed by atoms with Gasteiger partial charge in [0.05, 0.1) is 34.6 Å². The van der Waals surface area contributed by atoms with Gasteiger partial charge in [-0.1, -0.05) is 167 Å². The van der Waals surface area contributed by atoms with E-state index < -0.39 is 0 Å². The SMILES string of the molecule is CC(C)(C)c1ccc(N(c2ccc(C(C)(C)C)cc2)c2cccc(N(c3cc(C(C)(C)C)cc(N(c4ccc(C(C)(C)C)cc4)c4ccc5cocc5c4)c3Cl)c3cccc4c3oc3ccccc34)c2)cc1. The summed E-state index contributed by atoms with van der Waals surface area (Å²) in [5.41, 5.74) is 14.8. The van der Waals surface area contributed by atoms with E-state index in [4.69, 9.17) is 20.4 Å². The van der Waals surface area contributed by atoms with Crippen LogP contribution in [0.3, 0.4) is 0 Å². The molecule has 10 rings (SSSR count). The molecule has 10 aromatic rings. The topological polar surface area (TPSA) is 36.0 Å². The number of benzene rings is 8. The molecule has 0 radical (unpaired) electrons. The molecule has 0 aliphatic rings. The standard InChI is InChI=1S/C66H66ClN3O2/c1-63(2,3)45-24-31-49(32-25-45)68(50-33-26-46(27-34-50)64(4,5)6)52-17-15-18-53(40-52)70(57-21-16-20-56-55-19-13-14-22-60(55)72-62(56)57)59-39-48(66(10,11)12)38-58(61(59)67)69(51-35-28-47(29-36-51)65(7,8)9)54-30-23-43-41-71-42-44(43)37-54/h13-42H,1-12H3. The first-order chi connectivity index (χ1) is 34.1. The monoisotopic (exact) mass is 967 g/mol. The van der Waals surface area contributed by atoms with Crippen LogP contribution < -0.4 is 14.7 Å². The van der Waals surface area contributed by atoms with Gasteiger partial charge in [0.15, 0.2) is 5.58 Å². The molecule has 0 fully saturated rings. The molecular weight excluding hydrogens is 902 g/mol. The van der Waals surface area contributed by atoms with Crippen LogP contribution in [-0.4, -0.2) is 0 Å². The summed E-state index contributed by atoms with van der Waals surface area (Å²) in [7, 11) is 0. The van der Waals surface area contributed by atoms with Gasteiger partial charge in [0.25, 0.3) is 0 Å². The molecule has 0 atom stereocenters. The normalized spacial score (nSPS) is 12.5. The predicted octanol–water partition coefficient (Wildman–Crippen LogP) is 20.6. The smallest absolute Gasteiger partial charge is 0.159 e. The van der Waals surface area contributed by atoms with Crippen LogP contribution >= 0.6 is 11.6 Å².